The Hall–Kier alpha value is -1.22. The van der Waals surface area contributed by atoms with Crippen LogP contribution in [0.5, 0.6) is 11.5 Å². The normalized spacial score (nSPS) is 17.9. The highest BCUT2D eigenvalue weighted by Crippen LogP contribution is 2.36. The van der Waals surface area contributed by atoms with E-state index in [4.69, 9.17) is 10.5 Å². The first-order chi connectivity index (χ1) is 9.61. The Morgan fingerprint density at radius 3 is 2.60 bits per heavy atom. The number of aromatic hydroxyl groups is 1. The quantitative estimate of drug-likeness (QED) is 0.852. The van der Waals surface area contributed by atoms with Gasteiger partial charge < -0.3 is 15.6 Å². The van der Waals surface area contributed by atoms with Crippen LogP contribution in [0, 0.1) is 0 Å². The molecule has 3 nitrogen and oxygen atoms in total. The number of hydrogen-bond acceptors (Lipinski definition) is 3. The molecule has 1 aliphatic rings. The number of rotatable bonds is 5. The summed E-state index contributed by atoms with van der Waals surface area (Å²) in [4.78, 5) is 0. The maximum absolute atomic E-state index is 10.4. The van der Waals surface area contributed by atoms with Crippen LogP contribution in [-0.2, 0) is 6.42 Å². The van der Waals surface area contributed by atoms with E-state index in [1.54, 1.807) is 0 Å². The van der Waals surface area contributed by atoms with E-state index in [-0.39, 0.29) is 12.1 Å². The van der Waals surface area contributed by atoms with Crippen molar-refractivity contribution in [1.29, 1.82) is 0 Å². The lowest BCUT2D eigenvalue weighted by molar-refractivity contribution is 0.149. The minimum Gasteiger partial charge on any atom is -0.504 e. The zero-order chi connectivity index (χ0) is 14.5. The van der Waals surface area contributed by atoms with Crippen molar-refractivity contribution < 1.29 is 9.84 Å². The molecule has 1 saturated carbocycles. The summed E-state index contributed by atoms with van der Waals surface area (Å²) in [7, 11) is 0. The molecule has 0 saturated heterocycles. The molecule has 0 aromatic heterocycles. The molecule has 2 rings (SSSR count). The van der Waals surface area contributed by atoms with E-state index in [1.807, 2.05) is 19.1 Å². The van der Waals surface area contributed by atoms with Crippen LogP contribution < -0.4 is 10.5 Å². The Kier molecular flexibility index (Phi) is 5.30. The lowest BCUT2D eigenvalue weighted by atomic mass is 9.97. The van der Waals surface area contributed by atoms with Crippen LogP contribution in [0.1, 0.15) is 69.5 Å². The maximum atomic E-state index is 10.4. The third-order valence-electron chi connectivity index (χ3n) is 4.07. The van der Waals surface area contributed by atoms with E-state index in [2.05, 4.69) is 6.92 Å². The maximum Gasteiger partial charge on any atom is 0.161 e. The predicted octanol–water partition coefficient (Wildman–Crippen LogP) is 4.08. The molecule has 3 heteroatoms. The first-order valence-electron chi connectivity index (χ1n) is 7.89. The molecule has 1 aliphatic carbocycles. The van der Waals surface area contributed by atoms with E-state index >= 15 is 0 Å². The zero-order valence-electron chi connectivity index (χ0n) is 12.7. The molecule has 1 aromatic carbocycles. The molecule has 1 aromatic rings. The Morgan fingerprint density at radius 1 is 1.30 bits per heavy atom. The first kappa shape index (κ1) is 15.2. The van der Waals surface area contributed by atoms with Crippen molar-refractivity contribution in [2.24, 2.45) is 5.73 Å². The molecule has 1 fully saturated rings. The first-order valence-corrected chi connectivity index (χ1v) is 7.89. The molecule has 3 N–H and O–H groups in total. The van der Waals surface area contributed by atoms with Gasteiger partial charge in [0.2, 0.25) is 0 Å². The Labute approximate surface area is 122 Å². The molecular weight excluding hydrogens is 250 g/mol. The van der Waals surface area contributed by atoms with E-state index in [9.17, 15) is 5.11 Å². The molecule has 0 spiro atoms. The molecule has 112 valence electrons. The lowest BCUT2D eigenvalue weighted by Gasteiger charge is -2.24. The van der Waals surface area contributed by atoms with Crippen LogP contribution in [-0.4, -0.2) is 11.2 Å². The predicted molar refractivity (Wildman–Crippen MR) is 82.2 cm³/mol. The third-order valence-corrected chi connectivity index (χ3v) is 4.07. The highest BCUT2D eigenvalue weighted by atomic mass is 16.5. The van der Waals surface area contributed by atoms with Gasteiger partial charge in [0.15, 0.2) is 11.5 Å². The van der Waals surface area contributed by atoms with Gasteiger partial charge in [-0.1, -0.05) is 25.8 Å². The van der Waals surface area contributed by atoms with Crippen molar-refractivity contribution in [2.75, 3.05) is 0 Å². The average molecular weight is 277 g/mol. The van der Waals surface area contributed by atoms with Crippen LogP contribution in [0.4, 0.5) is 0 Å². The van der Waals surface area contributed by atoms with Crippen molar-refractivity contribution in [3.05, 3.63) is 23.3 Å². The molecule has 0 bridgehead atoms. The van der Waals surface area contributed by atoms with Crippen LogP contribution in [0.15, 0.2) is 12.1 Å². The zero-order valence-corrected chi connectivity index (χ0v) is 12.7. The SMILES string of the molecule is CCCc1cc(C(C)N)cc(OC2CCCCC2)c1O. The molecule has 1 atom stereocenters. The molecule has 0 heterocycles. The van der Waals surface area contributed by atoms with Crippen LogP contribution in [0.2, 0.25) is 0 Å². The summed E-state index contributed by atoms with van der Waals surface area (Å²) in [6, 6.07) is 3.88. The molecule has 0 aliphatic heterocycles. The van der Waals surface area contributed by atoms with Crippen molar-refractivity contribution in [2.45, 2.75) is 70.9 Å². The number of aryl methyl sites for hydroxylation is 1. The number of ether oxygens (including phenoxy) is 1. The lowest BCUT2D eigenvalue weighted by Crippen LogP contribution is -2.20. The van der Waals surface area contributed by atoms with Gasteiger partial charge in [-0.3, -0.25) is 0 Å². The molecule has 1 unspecified atom stereocenters. The molecule has 20 heavy (non-hydrogen) atoms. The third kappa shape index (κ3) is 3.66. The number of phenolic OH excluding ortho intramolecular Hbond substituents is 1. The molecular formula is C17H27NO2. The summed E-state index contributed by atoms with van der Waals surface area (Å²) >= 11 is 0. The summed E-state index contributed by atoms with van der Waals surface area (Å²) < 4.78 is 6.06. The second kappa shape index (κ2) is 6.98. The summed E-state index contributed by atoms with van der Waals surface area (Å²) in [5, 5.41) is 10.4. The van der Waals surface area contributed by atoms with Gasteiger partial charge >= 0.3 is 0 Å². The number of hydrogen-bond donors (Lipinski definition) is 2. The summed E-state index contributed by atoms with van der Waals surface area (Å²) in [5.74, 6) is 0.928. The molecule has 0 amide bonds. The van der Waals surface area contributed by atoms with Crippen molar-refractivity contribution >= 4 is 0 Å². The average Bonchev–Trinajstić information content (AvgIpc) is 2.44. The number of benzene rings is 1. The van der Waals surface area contributed by atoms with Crippen LogP contribution in [0.25, 0.3) is 0 Å². The van der Waals surface area contributed by atoms with Gasteiger partial charge in [-0.2, -0.15) is 0 Å². The largest absolute Gasteiger partial charge is 0.504 e. The van der Waals surface area contributed by atoms with Gasteiger partial charge in [-0.15, -0.1) is 0 Å². The van der Waals surface area contributed by atoms with E-state index in [0.29, 0.717) is 11.5 Å². The van der Waals surface area contributed by atoms with Gasteiger partial charge in [-0.05, 0) is 56.2 Å². The van der Waals surface area contributed by atoms with Crippen LogP contribution >= 0.6 is 0 Å². The second-order valence-electron chi connectivity index (χ2n) is 5.94. The smallest absolute Gasteiger partial charge is 0.161 e. The van der Waals surface area contributed by atoms with Gasteiger partial charge in [-0.25, -0.2) is 0 Å². The topological polar surface area (TPSA) is 55.5 Å². The Bertz CT molecular complexity index is 437. The molecule has 0 radical (unpaired) electrons. The summed E-state index contributed by atoms with van der Waals surface area (Å²) in [5.41, 5.74) is 7.98. The van der Waals surface area contributed by atoms with E-state index in [0.717, 1.165) is 36.8 Å². The van der Waals surface area contributed by atoms with E-state index < -0.39 is 0 Å². The summed E-state index contributed by atoms with van der Waals surface area (Å²) in [6.45, 7) is 4.08. The standard InChI is InChI=1S/C17H27NO2/c1-3-7-13-10-14(12(2)18)11-16(17(13)19)20-15-8-5-4-6-9-15/h10-12,15,19H,3-9,18H2,1-2H3. The highest BCUT2D eigenvalue weighted by Gasteiger charge is 2.19. The monoisotopic (exact) mass is 277 g/mol. The minimum atomic E-state index is -0.0417. The fraction of sp³-hybridized carbons (Fsp3) is 0.647. The van der Waals surface area contributed by atoms with Gasteiger partial charge in [0.1, 0.15) is 0 Å². The summed E-state index contributed by atoms with van der Waals surface area (Å²) in [6.07, 6.45) is 8.02. The van der Waals surface area contributed by atoms with Gasteiger partial charge in [0.25, 0.3) is 0 Å². The fourth-order valence-corrected chi connectivity index (χ4v) is 2.86. The Balaban J connectivity index is 2.24. The Morgan fingerprint density at radius 2 is 2.00 bits per heavy atom. The van der Waals surface area contributed by atoms with E-state index in [1.165, 1.54) is 19.3 Å². The van der Waals surface area contributed by atoms with Crippen molar-refractivity contribution in [3.8, 4) is 11.5 Å². The highest BCUT2D eigenvalue weighted by molar-refractivity contribution is 5.49. The number of nitrogens with two attached hydrogens (primary N) is 1. The van der Waals surface area contributed by atoms with Crippen LogP contribution in [0.3, 0.4) is 0 Å². The minimum absolute atomic E-state index is 0.0417. The van der Waals surface area contributed by atoms with Crippen molar-refractivity contribution in [3.63, 3.8) is 0 Å². The number of phenols is 1. The van der Waals surface area contributed by atoms with Crippen molar-refractivity contribution in [1.82, 2.24) is 0 Å². The van der Waals surface area contributed by atoms with Gasteiger partial charge in [0.05, 0.1) is 6.10 Å². The second-order valence-corrected chi connectivity index (χ2v) is 5.94. The fourth-order valence-electron chi connectivity index (χ4n) is 2.86. The van der Waals surface area contributed by atoms with Gasteiger partial charge in [0, 0.05) is 6.04 Å².